The third-order valence-corrected chi connectivity index (χ3v) is 3.30. The van der Waals surface area contributed by atoms with Crippen LogP contribution in [0.2, 0.25) is 0 Å². The average molecular weight is 313 g/mol. The molecule has 0 aliphatic carbocycles. The van der Waals surface area contributed by atoms with Crippen LogP contribution in [0.3, 0.4) is 0 Å². The van der Waals surface area contributed by atoms with Crippen molar-refractivity contribution >= 4 is 12.2 Å². The third-order valence-electron chi connectivity index (χ3n) is 3.30. The average Bonchev–Trinajstić information content (AvgIpc) is 2.55. The maximum absolute atomic E-state index is 12.9. The Morgan fingerprint density at radius 3 is 2.09 bits per heavy atom. The van der Waals surface area contributed by atoms with Gasteiger partial charge in [-0.2, -0.15) is 0 Å². The summed E-state index contributed by atoms with van der Waals surface area (Å²) in [6.07, 6.45) is 1.09. The molecule has 0 unspecified atom stereocenters. The first kappa shape index (κ1) is 16.6. The molecular formula is C17H20FN5. The highest BCUT2D eigenvalue weighted by molar-refractivity contribution is 5.97. The fraction of sp³-hybridized carbons (Fsp3) is 0.176. The molecule has 0 saturated carbocycles. The Bertz CT molecular complexity index is 677. The van der Waals surface area contributed by atoms with Gasteiger partial charge in [-0.25, -0.2) is 4.39 Å². The van der Waals surface area contributed by atoms with E-state index in [0.29, 0.717) is 5.84 Å². The lowest BCUT2D eigenvalue weighted by molar-refractivity contribution is 0.319. The van der Waals surface area contributed by atoms with Crippen molar-refractivity contribution in [3.8, 4) is 0 Å². The predicted octanol–water partition coefficient (Wildman–Crippen LogP) is 2.07. The molecule has 0 bridgehead atoms. The van der Waals surface area contributed by atoms with Crippen LogP contribution in [0.5, 0.6) is 0 Å². The fourth-order valence-corrected chi connectivity index (χ4v) is 2.20. The van der Waals surface area contributed by atoms with Crippen molar-refractivity contribution in [1.82, 2.24) is 4.90 Å². The molecule has 0 aliphatic heterocycles. The largest absolute Gasteiger partial charge is 0.388 e. The molecule has 2 rings (SSSR count). The second-order valence-corrected chi connectivity index (χ2v) is 5.25. The zero-order chi connectivity index (χ0) is 16.7. The molecular weight excluding hydrogens is 293 g/mol. The Hall–Kier alpha value is -2.73. The van der Waals surface area contributed by atoms with Crippen molar-refractivity contribution in [2.24, 2.45) is 21.7 Å². The van der Waals surface area contributed by atoms with Crippen LogP contribution in [0.15, 0.2) is 58.7 Å². The number of benzene rings is 2. The van der Waals surface area contributed by atoms with E-state index in [1.165, 1.54) is 12.1 Å². The zero-order valence-electron chi connectivity index (χ0n) is 13.0. The Labute approximate surface area is 135 Å². The number of hydrogen-bond donors (Lipinski definition) is 2. The number of amidine groups is 1. The van der Waals surface area contributed by atoms with Crippen molar-refractivity contribution in [3.05, 3.63) is 71.0 Å². The quantitative estimate of drug-likeness (QED) is 0.487. The molecule has 0 amide bonds. The van der Waals surface area contributed by atoms with Crippen molar-refractivity contribution in [2.75, 3.05) is 7.05 Å². The molecule has 6 heteroatoms. The van der Waals surface area contributed by atoms with Crippen LogP contribution in [-0.2, 0) is 13.1 Å². The number of rotatable bonds is 6. The molecule has 0 aliphatic rings. The van der Waals surface area contributed by atoms with Crippen LogP contribution in [0.4, 0.5) is 4.39 Å². The summed E-state index contributed by atoms with van der Waals surface area (Å²) in [5.74, 6) is 0.100. The zero-order valence-corrected chi connectivity index (χ0v) is 13.0. The van der Waals surface area contributed by atoms with Gasteiger partial charge in [0.05, 0.1) is 0 Å². The van der Waals surface area contributed by atoms with Crippen LogP contribution in [0.25, 0.3) is 0 Å². The molecule has 0 radical (unpaired) electrons. The number of nitrogens with zero attached hydrogens (tertiary/aromatic N) is 3. The van der Waals surface area contributed by atoms with Gasteiger partial charge in [0.25, 0.3) is 0 Å². The summed E-state index contributed by atoms with van der Waals surface area (Å²) in [7, 11) is 2.02. The van der Waals surface area contributed by atoms with E-state index < -0.39 is 0 Å². The van der Waals surface area contributed by atoms with Crippen LogP contribution < -0.4 is 11.5 Å². The lowest BCUT2D eigenvalue weighted by atomic mass is 10.1. The van der Waals surface area contributed by atoms with Crippen molar-refractivity contribution < 1.29 is 4.39 Å². The van der Waals surface area contributed by atoms with E-state index in [1.54, 1.807) is 12.1 Å². The Morgan fingerprint density at radius 1 is 1.04 bits per heavy atom. The Kier molecular flexibility index (Phi) is 5.82. The number of nitrogens with two attached hydrogens (primary N) is 2. The van der Waals surface area contributed by atoms with Crippen LogP contribution in [0, 0.1) is 5.82 Å². The minimum absolute atomic E-state index is 0.217. The Balaban J connectivity index is 1.96. The summed E-state index contributed by atoms with van der Waals surface area (Å²) in [5, 5.41) is 7.32. The highest BCUT2D eigenvalue weighted by Gasteiger charge is 2.04. The van der Waals surface area contributed by atoms with Crippen molar-refractivity contribution in [1.29, 1.82) is 0 Å². The highest BCUT2D eigenvalue weighted by atomic mass is 19.1. The van der Waals surface area contributed by atoms with Gasteiger partial charge in [-0.05, 0) is 30.3 Å². The van der Waals surface area contributed by atoms with E-state index in [-0.39, 0.29) is 5.82 Å². The number of halogens is 1. The molecule has 23 heavy (non-hydrogen) atoms. The summed E-state index contributed by atoms with van der Waals surface area (Å²) >= 11 is 0. The summed E-state index contributed by atoms with van der Waals surface area (Å²) in [5.41, 5.74) is 13.9. The van der Waals surface area contributed by atoms with Crippen LogP contribution in [0.1, 0.15) is 16.7 Å². The molecule has 0 heterocycles. The molecule has 0 spiro atoms. The maximum atomic E-state index is 12.9. The van der Waals surface area contributed by atoms with E-state index in [0.717, 1.165) is 36.1 Å². The summed E-state index contributed by atoms with van der Waals surface area (Å²) in [6, 6.07) is 14.3. The van der Waals surface area contributed by atoms with E-state index in [9.17, 15) is 4.39 Å². The van der Waals surface area contributed by atoms with Gasteiger partial charge in [-0.3, -0.25) is 4.90 Å². The SMILES string of the molecule is CN(Cc1ccc(F)cc1)Cc1ccc(/C(N)=N/N=C\N)cc1. The minimum Gasteiger partial charge on any atom is -0.388 e. The highest BCUT2D eigenvalue weighted by Crippen LogP contribution is 2.10. The topological polar surface area (TPSA) is 80.0 Å². The summed E-state index contributed by atoms with van der Waals surface area (Å²) in [4.78, 5) is 2.15. The Morgan fingerprint density at radius 2 is 1.57 bits per heavy atom. The molecule has 0 atom stereocenters. The predicted molar refractivity (Wildman–Crippen MR) is 91.4 cm³/mol. The monoisotopic (exact) mass is 313 g/mol. The van der Waals surface area contributed by atoms with Gasteiger partial charge in [0.15, 0.2) is 5.84 Å². The lowest BCUT2D eigenvalue weighted by Gasteiger charge is -2.17. The van der Waals surface area contributed by atoms with Gasteiger partial charge in [-0.1, -0.05) is 36.4 Å². The second kappa shape index (κ2) is 8.05. The third kappa shape index (κ3) is 5.19. The van der Waals surface area contributed by atoms with E-state index >= 15 is 0 Å². The first-order valence-corrected chi connectivity index (χ1v) is 7.17. The van der Waals surface area contributed by atoms with E-state index in [1.807, 2.05) is 31.3 Å². The van der Waals surface area contributed by atoms with Gasteiger partial charge in [0.2, 0.25) is 0 Å². The van der Waals surface area contributed by atoms with Gasteiger partial charge in [0.1, 0.15) is 12.2 Å². The molecule has 2 aromatic rings. The molecule has 5 nitrogen and oxygen atoms in total. The molecule has 0 aromatic heterocycles. The van der Waals surface area contributed by atoms with Crippen molar-refractivity contribution in [2.45, 2.75) is 13.1 Å². The van der Waals surface area contributed by atoms with Gasteiger partial charge in [-0.15, -0.1) is 10.2 Å². The van der Waals surface area contributed by atoms with Crippen LogP contribution in [-0.4, -0.2) is 24.1 Å². The van der Waals surface area contributed by atoms with Gasteiger partial charge >= 0.3 is 0 Å². The van der Waals surface area contributed by atoms with Gasteiger partial charge < -0.3 is 11.5 Å². The second-order valence-electron chi connectivity index (χ2n) is 5.25. The standard InChI is InChI=1S/C17H20FN5/c1-23(11-14-4-8-16(18)9-5-14)10-13-2-6-15(7-3-13)17(20)22-21-12-19/h2-9,12H,10-11H2,1H3,(H2,19,21)(H2,20,22). The summed E-state index contributed by atoms with van der Waals surface area (Å²) < 4.78 is 12.9. The maximum Gasteiger partial charge on any atom is 0.153 e. The molecule has 4 N–H and O–H groups in total. The minimum atomic E-state index is -0.217. The first-order valence-electron chi connectivity index (χ1n) is 7.17. The van der Waals surface area contributed by atoms with E-state index in [2.05, 4.69) is 15.1 Å². The smallest absolute Gasteiger partial charge is 0.153 e. The molecule has 2 aromatic carbocycles. The lowest BCUT2D eigenvalue weighted by Crippen LogP contribution is -2.17. The fourth-order valence-electron chi connectivity index (χ4n) is 2.20. The van der Waals surface area contributed by atoms with Crippen molar-refractivity contribution in [3.63, 3.8) is 0 Å². The normalized spacial score (nSPS) is 12.2. The first-order chi connectivity index (χ1) is 11.1. The van der Waals surface area contributed by atoms with E-state index in [4.69, 9.17) is 11.5 Å². The molecule has 120 valence electrons. The molecule has 0 saturated heterocycles. The molecule has 0 fully saturated rings. The van der Waals surface area contributed by atoms with Crippen LogP contribution >= 0.6 is 0 Å². The van der Waals surface area contributed by atoms with Gasteiger partial charge in [0, 0.05) is 18.7 Å². The number of hydrogen-bond acceptors (Lipinski definition) is 3. The summed E-state index contributed by atoms with van der Waals surface area (Å²) in [6.45, 7) is 1.52.